The summed E-state index contributed by atoms with van der Waals surface area (Å²) in [5.41, 5.74) is 4.94. The van der Waals surface area contributed by atoms with Crippen LogP contribution in [0.3, 0.4) is 0 Å². The molecule has 0 saturated carbocycles. The highest BCUT2D eigenvalue weighted by molar-refractivity contribution is 6.01. The molecule has 0 aliphatic carbocycles. The fourth-order valence-corrected chi connectivity index (χ4v) is 3.82. The first-order valence-corrected chi connectivity index (χ1v) is 11.2. The average Bonchev–Trinajstić information content (AvgIpc) is 3.21. The molecule has 5 nitrogen and oxygen atoms in total. The van der Waals surface area contributed by atoms with Gasteiger partial charge in [-0.1, -0.05) is 36.4 Å². The smallest absolute Gasteiger partial charge is 0.338 e. The van der Waals surface area contributed by atoms with Gasteiger partial charge in [0.1, 0.15) is 12.4 Å². The summed E-state index contributed by atoms with van der Waals surface area (Å²) >= 11 is 0. The topological polar surface area (TPSA) is 57.5 Å². The Hall–Kier alpha value is -4.12. The van der Waals surface area contributed by atoms with Crippen molar-refractivity contribution in [1.29, 1.82) is 0 Å². The maximum absolute atomic E-state index is 12.8. The van der Waals surface area contributed by atoms with Gasteiger partial charge in [-0.2, -0.15) is 0 Å². The number of hydrogen-bond donors (Lipinski definition) is 0. The van der Waals surface area contributed by atoms with Crippen molar-refractivity contribution in [3.63, 3.8) is 0 Å². The second kappa shape index (κ2) is 10.2. The number of benzene rings is 3. The predicted molar refractivity (Wildman–Crippen MR) is 132 cm³/mol. The Labute approximate surface area is 199 Å². The number of aryl methyl sites for hydroxylation is 2. The minimum Gasteiger partial charge on any atom is -0.489 e. The molecular weight excluding hydrogens is 426 g/mol. The zero-order valence-electron chi connectivity index (χ0n) is 19.5. The van der Waals surface area contributed by atoms with Crippen LogP contribution in [0.1, 0.15) is 44.6 Å². The van der Waals surface area contributed by atoms with E-state index in [1.807, 2.05) is 68.4 Å². The molecule has 3 aromatic carbocycles. The lowest BCUT2D eigenvalue weighted by Gasteiger charge is -2.14. The van der Waals surface area contributed by atoms with Crippen molar-refractivity contribution < 1.29 is 19.1 Å². The van der Waals surface area contributed by atoms with Crippen molar-refractivity contribution in [1.82, 2.24) is 4.57 Å². The highest BCUT2D eigenvalue weighted by Crippen LogP contribution is 2.20. The van der Waals surface area contributed by atoms with Crippen LogP contribution in [0.15, 0.2) is 91.0 Å². The number of ketones is 1. The van der Waals surface area contributed by atoms with Crippen molar-refractivity contribution in [2.24, 2.45) is 0 Å². The number of Topliss-reactive ketones (excluding diaryl/α,β-unsaturated/α-hetero) is 1. The molecule has 0 radical (unpaired) electrons. The molecular formula is C29H27NO4. The lowest BCUT2D eigenvalue weighted by molar-refractivity contribution is 0.0319. The van der Waals surface area contributed by atoms with Crippen LogP contribution in [-0.2, 0) is 11.3 Å². The highest BCUT2D eigenvalue weighted by Gasteiger charge is 2.21. The zero-order chi connectivity index (χ0) is 24.1. The summed E-state index contributed by atoms with van der Waals surface area (Å²) in [6.45, 7) is 6.06. The number of carbonyl (C=O) groups is 2. The Balaban J connectivity index is 1.38. The quantitative estimate of drug-likeness (QED) is 0.239. The Morgan fingerprint density at radius 2 is 1.47 bits per heavy atom. The fraction of sp³-hybridized carbons (Fsp3) is 0.172. The largest absolute Gasteiger partial charge is 0.489 e. The van der Waals surface area contributed by atoms with Gasteiger partial charge in [0.15, 0.2) is 6.10 Å². The monoisotopic (exact) mass is 453 g/mol. The number of hydrogen-bond acceptors (Lipinski definition) is 4. The van der Waals surface area contributed by atoms with E-state index in [0.717, 1.165) is 22.6 Å². The van der Waals surface area contributed by atoms with Crippen LogP contribution in [0, 0.1) is 13.8 Å². The summed E-state index contributed by atoms with van der Waals surface area (Å²) < 4.78 is 13.3. The first-order chi connectivity index (χ1) is 16.4. The SMILES string of the molecule is Cc1ccc(C)n1-c1cccc(C(=O)O[C@@H](C)C(=O)c2ccc(OCc3ccccc3)cc2)c1. The molecule has 4 aromatic rings. The van der Waals surface area contributed by atoms with E-state index in [0.29, 0.717) is 23.5 Å². The molecule has 4 rings (SSSR count). The van der Waals surface area contributed by atoms with Crippen LogP contribution in [-0.4, -0.2) is 22.4 Å². The number of ether oxygens (including phenoxy) is 2. The number of nitrogens with zero attached hydrogens (tertiary/aromatic N) is 1. The van der Waals surface area contributed by atoms with E-state index >= 15 is 0 Å². The van der Waals surface area contributed by atoms with E-state index in [4.69, 9.17) is 9.47 Å². The van der Waals surface area contributed by atoms with E-state index in [1.165, 1.54) is 0 Å². The van der Waals surface area contributed by atoms with Crippen molar-refractivity contribution in [2.45, 2.75) is 33.5 Å². The molecule has 0 aliphatic rings. The van der Waals surface area contributed by atoms with Crippen LogP contribution in [0.25, 0.3) is 5.69 Å². The summed E-state index contributed by atoms with van der Waals surface area (Å²) in [6.07, 6.45) is -0.915. The Bertz CT molecular complexity index is 1270. The standard InChI is InChI=1S/C29H27NO4/c1-20-12-13-21(2)30(20)26-11-7-10-25(18-26)29(32)34-22(3)28(31)24-14-16-27(17-15-24)33-19-23-8-5-4-6-9-23/h4-18,22H,19H2,1-3H3/t22-/m0/s1. The van der Waals surface area contributed by atoms with Crippen LogP contribution >= 0.6 is 0 Å². The molecule has 0 unspecified atom stereocenters. The van der Waals surface area contributed by atoms with Gasteiger partial charge >= 0.3 is 5.97 Å². The number of rotatable bonds is 8. The third kappa shape index (κ3) is 5.26. The minimum atomic E-state index is -0.915. The van der Waals surface area contributed by atoms with Crippen molar-refractivity contribution in [2.75, 3.05) is 0 Å². The average molecular weight is 454 g/mol. The van der Waals surface area contributed by atoms with Gasteiger partial charge < -0.3 is 14.0 Å². The van der Waals surface area contributed by atoms with Gasteiger partial charge in [-0.3, -0.25) is 4.79 Å². The Kier molecular flexibility index (Phi) is 6.93. The molecule has 0 spiro atoms. The van der Waals surface area contributed by atoms with Crippen molar-refractivity contribution >= 4 is 11.8 Å². The van der Waals surface area contributed by atoms with Crippen LogP contribution in [0.4, 0.5) is 0 Å². The first-order valence-electron chi connectivity index (χ1n) is 11.2. The molecule has 172 valence electrons. The molecule has 0 amide bonds. The van der Waals surface area contributed by atoms with E-state index in [1.54, 1.807) is 43.3 Å². The number of carbonyl (C=O) groups excluding carboxylic acids is 2. The van der Waals surface area contributed by atoms with Crippen molar-refractivity contribution in [3.8, 4) is 11.4 Å². The molecule has 0 N–H and O–H groups in total. The summed E-state index contributed by atoms with van der Waals surface area (Å²) in [7, 11) is 0. The second-order valence-corrected chi connectivity index (χ2v) is 8.21. The molecule has 0 bridgehead atoms. The molecule has 5 heteroatoms. The van der Waals surface area contributed by atoms with Crippen LogP contribution < -0.4 is 4.74 Å². The lowest BCUT2D eigenvalue weighted by atomic mass is 10.1. The van der Waals surface area contributed by atoms with Gasteiger partial charge in [0, 0.05) is 22.6 Å². The Morgan fingerprint density at radius 3 is 2.15 bits per heavy atom. The van der Waals surface area contributed by atoms with E-state index in [-0.39, 0.29) is 5.78 Å². The molecule has 0 saturated heterocycles. The summed E-state index contributed by atoms with van der Waals surface area (Å²) in [4.78, 5) is 25.6. The van der Waals surface area contributed by atoms with Gasteiger partial charge in [0.05, 0.1) is 5.56 Å². The van der Waals surface area contributed by atoms with E-state index in [9.17, 15) is 9.59 Å². The van der Waals surface area contributed by atoms with Gasteiger partial charge in [-0.05, 0) is 80.9 Å². The maximum Gasteiger partial charge on any atom is 0.338 e. The normalized spacial score (nSPS) is 11.6. The van der Waals surface area contributed by atoms with Crippen LogP contribution in [0.5, 0.6) is 5.75 Å². The van der Waals surface area contributed by atoms with E-state index < -0.39 is 12.1 Å². The first kappa shape index (κ1) is 23.1. The molecule has 1 heterocycles. The molecule has 0 fully saturated rings. The lowest BCUT2D eigenvalue weighted by Crippen LogP contribution is -2.24. The summed E-state index contributed by atoms with van der Waals surface area (Å²) in [6, 6.07) is 28.0. The molecule has 1 aromatic heterocycles. The molecule has 34 heavy (non-hydrogen) atoms. The zero-order valence-corrected chi connectivity index (χ0v) is 19.5. The fourth-order valence-electron chi connectivity index (χ4n) is 3.82. The van der Waals surface area contributed by atoms with Gasteiger partial charge in [-0.15, -0.1) is 0 Å². The van der Waals surface area contributed by atoms with Crippen molar-refractivity contribution in [3.05, 3.63) is 119 Å². The maximum atomic E-state index is 12.8. The second-order valence-electron chi connectivity index (χ2n) is 8.21. The predicted octanol–water partition coefficient (Wildman–Crippen LogP) is 6.10. The number of esters is 1. The number of aromatic nitrogens is 1. The highest BCUT2D eigenvalue weighted by atomic mass is 16.5. The minimum absolute atomic E-state index is 0.267. The molecule has 0 aliphatic heterocycles. The Morgan fingerprint density at radius 1 is 0.794 bits per heavy atom. The van der Waals surface area contributed by atoms with E-state index in [2.05, 4.69) is 4.57 Å². The summed E-state index contributed by atoms with van der Waals surface area (Å²) in [5, 5.41) is 0. The third-order valence-electron chi connectivity index (χ3n) is 5.65. The third-order valence-corrected chi connectivity index (χ3v) is 5.65. The van der Waals surface area contributed by atoms with Gasteiger partial charge in [0.2, 0.25) is 5.78 Å². The van der Waals surface area contributed by atoms with Crippen LogP contribution in [0.2, 0.25) is 0 Å². The van der Waals surface area contributed by atoms with Gasteiger partial charge in [0.25, 0.3) is 0 Å². The summed E-state index contributed by atoms with van der Waals surface area (Å²) in [5.74, 6) is -0.137. The van der Waals surface area contributed by atoms with Gasteiger partial charge in [-0.25, -0.2) is 4.79 Å². The molecule has 1 atom stereocenters.